The minimum Gasteiger partial charge on any atom is -0.322 e. The molecule has 4 rings (SSSR count). The lowest BCUT2D eigenvalue weighted by Crippen LogP contribution is -2.15. The molecule has 0 bridgehead atoms. The first-order chi connectivity index (χ1) is 14.8. The van der Waals surface area contributed by atoms with Gasteiger partial charge in [-0.1, -0.05) is 29.4 Å². The smallest absolute Gasteiger partial charge is 0.261 e. The van der Waals surface area contributed by atoms with Crippen molar-refractivity contribution in [3.63, 3.8) is 0 Å². The van der Waals surface area contributed by atoms with Crippen LogP contribution in [-0.2, 0) is 10.0 Å². The maximum absolute atomic E-state index is 12.7. The van der Waals surface area contributed by atoms with Crippen LogP contribution < -0.4 is 10.0 Å². The van der Waals surface area contributed by atoms with Crippen LogP contribution in [0.1, 0.15) is 10.4 Å². The Labute approximate surface area is 192 Å². The van der Waals surface area contributed by atoms with Gasteiger partial charge in [0.1, 0.15) is 0 Å². The number of carbonyl (C=O) groups is 1. The molecule has 31 heavy (non-hydrogen) atoms. The third kappa shape index (κ3) is 5.01. The minimum absolute atomic E-state index is 0.0780. The topological polar surface area (TPSA) is 88.2 Å². The Balaban J connectivity index is 1.52. The van der Waals surface area contributed by atoms with Gasteiger partial charge < -0.3 is 5.32 Å². The molecule has 0 saturated heterocycles. The summed E-state index contributed by atoms with van der Waals surface area (Å²) in [7, 11) is -3.80. The third-order valence-corrected chi connectivity index (χ3v) is 7.95. The lowest BCUT2D eigenvalue weighted by atomic mass is 10.2. The zero-order chi connectivity index (χ0) is 22.0. The summed E-state index contributed by atoms with van der Waals surface area (Å²) in [6.07, 6.45) is 1.97. The third-order valence-electron chi connectivity index (χ3n) is 4.30. The van der Waals surface area contributed by atoms with Crippen LogP contribution >= 0.6 is 34.7 Å². The highest BCUT2D eigenvalue weighted by Crippen LogP contribution is 2.30. The molecule has 0 aliphatic rings. The Hall–Kier alpha value is -2.59. The highest BCUT2D eigenvalue weighted by Gasteiger charge is 2.15. The molecule has 0 saturated carbocycles. The number of carbonyl (C=O) groups excluding carboxylic acids is 1. The van der Waals surface area contributed by atoms with Gasteiger partial charge in [0.05, 0.1) is 15.1 Å². The van der Waals surface area contributed by atoms with Gasteiger partial charge in [-0.3, -0.25) is 9.52 Å². The van der Waals surface area contributed by atoms with Crippen molar-refractivity contribution in [3.8, 4) is 0 Å². The van der Waals surface area contributed by atoms with E-state index in [1.165, 1.54) is 30.3 Å². The molecule has 0 atom stereocenters. The van der Waals surface area contributed by atoms with E-state index < -0.39 is 10.0 Å². The van der Waals surface area contributed by atoms with Gasteiger partial charge in [-0.05, 0) is 66.9 Å². The Morgan fingerprint density at radius 2 is 1.81 bits per heavy atom. The highest BCUT2D eigenvalue weighted by atomic mass is 35.5. The number of nitrogens with zero attached hydrogens (tertiary/aromatic N) is 1. The zero-order valence-corrected chi connectivity index (χ0v) is 19.3. The molecule has 0 aliphatic heterocycles. The van der Waals surface area contributed by atoms with E-state index in [9.17, 15) is 13.2 Å². The van der Waals surface area contributed by atoms with Crippen molar-refractivity contribution >= 4 is 72.2 Å². The summed E-state index contributed by atoms with van der Waals surface area (Å²) in [5.41, 5.74) is 2.13. The van der Waals surface area contributed by atoms with Crippen LogP contribution in [0.25, 0.3) is 10.2 Å². The SMILES string of the molecule is CSc1nc2ccc(NC(=O)c3cccc(NS(=O)(=O)c4ccc(Cl)cc4)c3)cc2s1. The van der Waals surface area contributed by atoms with Crippen molar-refractivity contribution in [1.29, 1.82) is 0 Å². The van der Waals surface area contributed by atoms with Crippen LogP contribution in [0.5, 0.6) is 0 Å². The quantitative estimate of drug-likeness (QED) is 0.338. The molecule has 0 unspecified atom stereocenters. The van der Waals surface area contributed by atoms with Gasteiger partial charge in [0.2, 0.25) is 0 Å². The molecular formula is C21H16ClN3O3S3. The fourth-order valence-corrected chi connectivity index (χ4v) is 5.53. The molecule has 2 N–H and O–H groups in total. The van der Waals surface area contributed by atoms with Gasteiger partial charge in [0.15, 0.2) is 4.34 Å². The number of sulfonamides is 1. The van der Waals surface area contributed by atoms with E-state index in [1.807, 2.05) is 18.4 Å². The van der Waals surface area contributed by atoms with Gasteiger partial charge in [-0.2, -0.15) is 0 Å². The van der Waals surface area contributed by atoms with Gasteiger partial charge in [0, 0.05) is 22.0 Å². The number of amides is 1. The first-order valence-corrected chi connectivity index (χ1v) is 12.9. The van der Waals surface area contributed by atoms with E-state index in [4.69, 9.17) is 11.6 Å². The Morgan fingerprint density at radius 1 is 1.03 bits per heavy atom. The van der Waals surface area contributed by atoms with Crippen LogP contribution in [0.2, 0.25) is 5.02 Å². The lowest BCUT2D eigenvalue weighted by molar-refractivity contribution is 0.102. The lowest BCUT2D eigenvalue weighted by Gasteiger charge is -2.10. The Kier molecular flexibility index (Phi) is 6.19. The van der Waals surface area contributed by atoms with Gasteiger partial charge in [-0.25, -0.2) is 13.4 Å². The van der Waals surface area contributed by atoms with Crippen molar-refractivity contribution in [1.82, 2.24) is 4.98 Å². The molecule has 1 amide bonds. The predicted octanol–water partition coefficient (Wildman–Crippen LogP) is 5.72. The Morgan fingerprint density at radius 3 is 2.55 bits per heavy atom. The van der Waals surface area contributed by atoms with Crippen LogP contribution in [0.4, 0.5) is 11.4 Å². The maximum Gasteiger partial charge on any atom is 0.261 e. The van der Waals surface area contributed by atoms with E-state index in [1.54, 1.807) is 47.4 Å². The van der Waals surface area contributed by atoms with E-state index in [0.29, 0.717) is 16.3 Å². The summed E-state index contributed by atoms with van der Waals surface area (Å²) < 4.78 is 29.6. The van der Waals surface area contributed by atoms with Crippen LogP contribution in [-0.4, -0.2) is 25.6 Å². The minimum atomic E-state index is -3.80. The van der Waals surface area contributed by atoms with E-state index >= 15 is 0 Å². The highest BCUT2D eigenvalue weighted by molar-refractivity contribution is 8.00. The van der Waals surface area contributed by atoms with Crippen LogP contribution in [0.3, 0.4) is 0 Å². The first-order valence-electron chi connectivity index (χ1n) is 8.98. The number of anilines is 2. The molecule has 0 fully saturated rings. The fourth-order valence-electron chi connectivity index (χ4n) is 2.82. The summed E-state index contributed by atoms with van der Waals surface area (Å²) in [5, 5.41) is 3.29. The van der Waals surface area contributed by atoms with E-state index in [0.717, 1.165) is 14.6 Å². The number of nitrogens with one attached hydrogen (secondary N) is 2. The second kappa shape index (κ2) is 8.88. The van der Waals surface area contributed by atoms with Crippen molar-refractivity contribution in [2.24, 2.45) is 0 Å². The molecule has 1 aromatic heterocycles. The summed E-state index contributed by atoms with van der Waals surface area (Å²) in [4.78, 5) is 17.3. The van der Waals surface area contributed by atoms with Crippen molar-refractivity contribution < 1.29 is 13.2 Å². The molecule has 1 heterocycles. The number of aromatic nitrogens is 1. The summed E-state index contributed by atoms with van der Waals surface area (Å²) >= 11 is 8.95. The number of hydrogen-bond donors (Lipinski definition) is 2. The van der Waals surface area contributed by atoms with E-state index in [-0.39, 0.29) is 16.5 Å². The largest absolute Gasteiger partial charge is 0.322 e. The number of hydrogen-bond acceptors (Lipinski definition) is 6. The zero-order valence-electron chi connectivity index (χ0n) is 16.1. The number of thioether (sulfide) groups is 1. The van der Waals surface area contributed by atoms with Gasteiger partial charge >= 0.3 is 0 Å². The molecule has 158 valence electrons. The van der Waals surface area contributed by atoms with Gasteiger partial charge in [-0.15, -0.1) is 11.3 Å². The molecular weight excluding hydrogens is 474 g/mol. The molecule has 0 spiro atoms. The molecule has 6 nitrogen and oxygen atoms in total. The summed E-state index contributed by atoms with van der Waals surface area (Å²) in [6.45, 7) is 0. The average molecular weight is 490 g/mol. The van der Waals surface area contributed by atoms with Crippen molar-refractivity contribution in [2.45, 2.75) is 9.24 Å². The average Bonchev–Trinajstić information content (AvgIpc) is 3.16. The normalized spacial score (nSPS) is 11.4. The first kappa shape index (κ1) is 21.6. The number of halogens is 1. The summed E-state index contributed by atoms with van der Waals surface area (Å²) in [5.74, 6) is -0.346. The van der Waals surface area contributed by atoms with Gasteiger partial charge in [0.25, 0.3) is 15.9 Å². The second-order valence-corrected chi connectivity index (χ2v) is 10.7. The molecule has 4 aromatic rings. The number of benzene rings is 3. The predicted molar refractivity (Wildman–Crippen MR) is 128 cm³/mol. The molecule has 0 radical (unpaired) electrons. The van der Waals surface area contributed by atoms with Crippen molar-refractivity contribution in [3.05, 3.63) is 77.3 Å². The number of thiazole rings is 1. The molecule has 10 heteroatoms. The number of rotatable bonds is 6. The summed E-state index contributed by atoms with van der Waals surface area (Å²) in [6, 6.07) is 17.7. The standard InChI is InChI=1S/C21H16ClN3O3S3/c1-29-21-24-18-10-7-15(12-19(18)30-21)23-20(26)13-3-2-4-16(11-13)25-31(27,28)17-8-5-14(22)6-9-17/h2-12,25H,1H3,(H,23,26). The number of fused-ring (bicyclic) bond motifs is 1. The van der Waals surface area contributed by atoms with E-state index in [2.05, 4.69) is 15.0 Å². The van der Waals surface area contributed by atoms with Crippen LogP contribution in [0, 0.1) is 0 Å². The van der Waals surface area contributed by atoms with Crippen LogP contribution in [0.15, 0.2) is 76.0 Å². The monoisotopic (exact) mass is 489 g/mol. The maximum atomic E-state index is 12.7. The molecule has 3 aromatic carbocycles. The Bertz CT molecular complexity index is 1370. The second-order valence-electron chi connectivity index (χ2n) is 6.46. The van der Waals surface area contributed by atoms with Crippen molar-refractivity contribution in [2.75, 3.05) is 16.3 Å². The fraction of sp³-hybridized carbons (Fsp3) is 0.0476. The molecule has 0 aliphatic carbocycles.